The maximum atomic E-state index is 11.8. The van der Waals surface area contributed by atoms with Crippen LogP contribution in [0.1, 0.15) is 11.1 Å². The van der Waals surface area contributed by atoms with Crippen LogP contribution in [0, 0.1) is 6.92 Å². The summed E-state index contributed by atoms with van der Waals surface area (Å²) in [6.07, 6.45) is 0. The quantitative estimate of drug-likeness (QED) is 0.730. The maximum absolute atomic E-state index is 11.8. The van der Waals surface area contributed by atoms with E-state index in [0.29, 0.717) is 18.9 Å². The van der Waals surface area contributed by atoms with Gasteiger partial charge in [0.2, 0.25) is 5.91 Å². The lowest BCUT2D eigenvalue weighted by Crippen LogP contribution is -2.29. The number of halogens is 1. The molecule has 3 nitrogen and oxygen atoms in total. The highest BCUT2D eigenvalue weighted by Crippen LogP contribution is 2.16. The van der Waals surface area contributed by atoms with E-state index in [2.05, 4.69) is 5.32 Å². The van der Waals surface area contributed by atoms with Gasteiger partial charge in [-0.05, 0) is 42.3 Å². The normalized spacial score (nSPS) is 10.3. The first-order valence-electron chi connectivity index (χ1n) is 7.42. The lowest BCUT2D eigenvalue weighted by molar-refractivity contribution is -0.118. The zero-order valence-corrected chi connectivity index (χ0v) is 14.6. The van der Waals surface area contributed by atoms with Crippen molar-refractivity contribution in [1.82, 2.24) is 5.32 Å². The smallest absolute Gasteiger partial charge is 0.230 e. The number of rotatable bonds is 8. The number of nitrogens with one attached hydrogen (secondary N) is 1. The molecular formula is C18H20ClNO2S. The second-order valence-corrected chi connectivity index (χ2v) is 6.56. The molecule has 0 atom stereocenters. The molecular weight excluding hydrogens is 330 g/mol. The molecule has 0 fully saturated rings. The Morgan fingerprint density at radius 3 is 2.83 bits per heavy atom. The fourth-order valence-electron chi connectivity index (χ4n) is 2.00. The monoisotopic (exact) mass is 349 g/mol. The number of ether oxygens (including phenoxy) is 1. The summed E-state index contributed by atoms with van der Waals surface area (Å²) in [5, 5.41) is 3.58. The molecule has 0 aliphatic rings. The molecule has 0 unspecified atom stereocenters. The van der Waals surface area contributed by atoms with Crippen molar-refractivity contribution >= 4 is 29.3 Å². The lowest BCUT2D eigenvalue weighted by Gasteiger charge is -2.08. The summed E-state index contributed by atoms with van der Waals surface area (Å²) in [7, 11) is 0. The first-order valence-corrected chi connectivity index (χ1v) is 8.95. The van der Waals surface area contributed by atoms with Crippen LogP contribution in [0.15, 0.2) is 48.5 Å². The van der Waals surface area contributed by atoms with Crippen LogP contribution in [0.4, 0.5) is 0 Å². The van der Waals surface area contributed by atoms with Crippen LogP contribution in [0.2, 0.25) is 5.02 Å². The fourth-order valence-corrected chi connectivity index (χ4v) is 3.02. The average molecular weight is 350 g/mol. The van der Waals surface area contributed by atoms with Gasteiger partial charge in [0.05, 0.1) is 12.3 Å². The molecule has 2 rings (SSSR count). The first-order chi connectivity index (χ1) is 11.1. The van der Waals surface area contributed by atoms with Gasteiger partial charge in [0.15, 0.2) is 0 Å². The van der Waals surface area contributed by atoms with Gasteiger partial charge in [-0.15, -0.1) is 11.8 Å². The van der Waals surface area contributed by atoms with Crippen molar-refractivity contribution < 1.29 is 9.53 Å². The van der Waals surface area contributed by atoms with Gasteiger partial charge in [-0.3, -0.25) is 4.79 Å². The molecule has 122 valence electrons. The number of carbonyl (C=O) groups is 1. The van der Waals surface area contributed by atoms with E-state index in [1.54, 1.807) is 11.8 Å². The molecule has 1 N–H and O–H groups in total. The highest BCUT2D eigenvalue weighted by Gasteiger charge is 2.02. The summed E-state index contributed by atoms with van der Waals surface area (Å²) in [6, 6.07) is 15.5. The van der Waals surface area contributed by atoms with Gasteiger partial charge in [0.25, 0.3) is 0 Å². The van der Waals surface area contributed by atoms with Gasteiger partial charge in [-0.25, -0.2) is 0 Å². The van der Waals surface area contributed by atoms with Crippen LogP contribution in [0.3, 0.4) is 0 Å². The predicted octanol–water partition coefficient (Wildman–Crippen LogP) is 4.08. The summed E-state index contributed by atoms with van der Waals surface area (Å²) in [5.41, 5.74) is 2.28. The van der Waals surface area contributed by atoms with Crippen LogP contribution in [0.25, 0.3) is 0 Å². The highest BCUT2D eigenvalue weighted by molar-refractivity contribution is 7.99. The minimum atomic E-state index is 0.0184. The van der Waals surface area contributed by atoms with Gasteiger partial charge in [0, 0.05) is 10.8 Å². The fraction of sp³-hybridized carbons (Fsp3) is 0.278. The summed E-state index contributed by atoms with van der Waals surface area (Å²) in [4.78, 5) is 11.8. The number of thioether (sulfide) groups is 1. The topological polar surface area (TPSA) is 38.3 Å². The average Bonchev–Trinajstić information content (AvgIpc) is 2.52. The van der Waals surface area contributed by atoms with E-state index in [9.17, 15) is 4.79 Å². The predicted molar refractivity (Wildman–Crippen MR) is 97.3 cm³/mol. The molecule has 0 bridgehead atoms. The number of amides is 1. The SMILES string of the molecule is Cc1cccc(OCCNC(=O)CSCc2cccc(Cl)c2)c1. The number of benzene rings is 2. The van der Waals surface area contributed by atoms with Crippen LogP contribution in [0.5, 0.6) is 5.75 Å². The highest BCUT2D eigenvalue weighted by atomic mass is 35.5. The third-order valence-corrected chi connectivity index (χ3v) is 4.31. The zero-order valence-electron chi connectivity index (χ0n) is 13.0. The van der Waals surface area contributed by atoms with E-state index in [0.717, 1.165) is 27.7 Å². The van der Waals surface area contributed by atoms with Crippen molar-refractivity contribution in [3.63, 3.8) is 0 Å². The first kappa shape index (κ1) is 17.7. The van der Waals surface area contributed by atoms with E-state index in [1.165, 1.54) is 0 Å². The molecule has 5 heteroatoms. The van der Waals surface area contributed by atoms with Crippen LogP contribution >= 0.6 is 23.4 Å². The zero-order chi connectivity index (χ0) is 16.5. The van der Waals surface area contributed by atoms with Gasteiger partial charge in [-0.1, -0.05) is 35.9 Å². The summed E-state index contributed by atoms with van der Waals surface area (Å²) < 4.78 is 5.59. The molecule has 0 saturated heterocycles. The summed E-state index contributed by atoms with van der Waals surface area (Å²) >= 11 is 7.50. The minimum Gasteiger partial charge on any atom is -0.492 e. The van der Waals surface area contributed by atoms with Crippen molar-refractivity contribution in [2.45, 2.75) is 12.7 Å². The van der Waals surface area contributed by atoms with E-state index in [1.807, 2.05) is 55.5 Å². The molecule has 0 aromatic heterocycles. The van der Waals surface area contributed by atoms with Crippen molar-refractivity contribution in [2.75, 3.05) is 18.9 Å². The molecule has 2 aromatic rings. The molecule has 0 radical (unpaired) electrons. The molecule has 0 heterocycles. The molecule has 0 aliphatic carbocycles. The third-order valence-electron chi connectivity index (χ3n) is 3.07. The molecule has 0 saturated carbocycles. The molecule has 1 amide bonds. The van der Waals surface area contributed by atoms with E-state index in [4.69, 9.17) is 16.3 Å². The Labute approximate surface area is 146 Å². The molecule has 0 spiro atoms. The second kappa shape index (κ2) is 9.48. The Hall–Kier alpha value is -1.65. The Morgan fingerprint density at radius 1 is 1.22 bits per heavy atom. The number of carbonyl (C=O) groups excluding carboxylic acids is 1. The van der Waals surface area contributed by atoms with Crippen molar-refractivity contribution in [2.24, 2.45) is 0 Å². The van der Waals surface area contributed by atoms with E-state index < -0.39 is 0 Å². The van der Waals surface area contributed by atoms with E-state index >= 15 is 0 Å². The molecule has 2 aromatic carbocycles. The van der Waals surface area contributed by atoms with Crippen LogP contribution in [-0.2, 0) is 10.5 Å². The number of hydrogen-bond acceptors (Lipinski definition) is 3. The van der Waals surface area contributed by atoms with E-state index in [-0.39, 0.29) is 5.91 Å². The second-order valence-electron chi connectivity index (χ2n) is 5.14. The minimum absolute atomic E-state index is 0.0184. The van der Waals surface area contributed by atoms with Gasteiger partial charge < -0.3 is 10.1 Å². The lowest BCUT2D eigenvalue weighted by atomic mass is 10.2. The number of hydrogen-bond donors (Lipinski definition) is 1. The number of aryl methyl sites for hydroxylation is 1. The summed E-state index contributed by atoms with van der Waals surface area (Å²) in [5.74, 6) is 2.05. The largest absolute Gasteiger partial charge is 0.492 e. The maximum Gasteiger partial charge on any atom is 0.230 e. The third kappa shape index (κ3) is 6.97. The Kier molecular flexibility index (Phi) is 7.30. The van der Waals surface area contributed by atoms with Gasteiger partial charge in [0.1, 0.15) is 12.4 Å². The molecule has 23 heavy (non-hydrogen) atoms. The van der Waals surface area contributed by atoms with Crippen LogP contribution in [-0.4, -0.2) is 24.8 Å². The summed E-state index contributed by atoms with van der Waals surface area (Å²) in [6.45, 7) is 2.99. The Balaban J connectivity index is 1.58. The van der Waals surface area contributed by atoms with Gasteiger partial charge in [-0.2, -0.15) is 0 Å². The van der Waals surface area contributed by atoms with Crippen molar-refractivity contribution in [1.29, 1.82) is 0 Å². The van der Waals surface area contributed by atoms with Crippen molar-refractivity contribution in [3.05, 3.63) is 64.7 Å². The van der Waals surface area contributed by atoms with Gasteiger partial charge >= 0.3 is 0 Å². The van der Waals surface area contributed by atoms with Crippen LogP contribution < -0.4 is 10.1 Å². The Morgan fingerprint density at radius 2 is 2.04 bits per heavy atom. The Bertz CT molecular complexity index is 648. The molecule has 0 aliphatic heterocycles. The standard InChI is InChI=1S/C18H20ClNO2S/c1-14-4-2-7-17(10-14)22-9-8-20-18(21)13-23-12-15-5-3-6-16(19)11-15/h2-7,10-11H,8-9,12-13H2,1H3,(H,20,21). The van der Waals surface area contributed by atoms with Crippen molar-refractivity contribution in [3.8, 4) is 5.75 Å².